The fourth-order valence-corrected chi connectivity index (χ4v) is 8.99. The SMILES string of the molecule is CCOC(=O)c1cn(CC2CCN(CCO[Si](C)(C)CC(C)(C)C)C2)c2ccc(I)cc2c1=O. The Morgan fingerprint density at radius 1 is 1.26 bits per heavy atom. The van der Waals surface area contributed by atoms with Crippen LogP contribution in [0.2, 0.25) is 19.1 Å². The molecular weight excluding hydrogens is 559 g/mol. The van der Waals surface area contributed by atoms with Gasteiger partial charge in [-0.15, -0.1) is 0 Å². The van der Waals surface area contributed by atoms with E-state index >= 15 is 0 Å². The summed E-state index contributed by atoms with van der Waals surface area (Å²) in [5.74, 6) is -0.0888. The summed E-state index contributed by atoms with van der Waals surface area (Å²) in [6.45, 7) is 18.0. The zero-order valence-corrected chi connectivity index (χ0v) is 24.6. The Labute approximate surface area is 218 Å². The van der Waals surface area contributed by atoms with Gasteiger partial charge < -0.3 is 18.6 Å². The van der Waals surface area contributed by atoms with Crippen molar-refractivity contribution in [1.82, 2.24) is 9.47 Å². The van der Waals surface area contributed by atoms with E-state index in [1.165, 1.54) is 0 Å². The molecule has 2 heterocycles. The van der Waals surface area contributed by atoms with E-state index in [-0.39, 0.29) is 17.6 Å². The molecule has 8 heteroatoms. The Kier molecular flexibility index (Phi) is 9.03. The van der Waals surface area contributed by atoms with Gasteiger partial charge in [-0.1, -0.05) is 20.8 Å². The van der Waals surface area contributed by atoms with Crippen LogP contribution in [0.1, 0.15) is 44.5 Å². The molecule has 1 atom stereocenters. The monoisotopic (exact) mass is 598 g/mol. The molecule has 1 unspecified atom stereocenters. The molecule has 0 radical (unpaired) electrons. The van der Waals surface area contributed by atoms with Crippen molar-refractivity contribution in [3.8, 4) is 0 Å². The number of esters is 1. The van der Waals surface area contributed by atoms with Crippen LogP contribution in [-0.2, 0) is 15.7 Å². The molecule has 0 aliphatic carbocycles. The van der Waals surface area contributed by atoms with Gasteiger partial charge in [0.05, 0.1) is 12.1 Å². The van der Waals surface area contributed by atoms with Crippen LogP contribution < -0.4 is 5.43 Å². The van der Waals surface area contributed by atoms with Crippen LogP contribution >= 0.6 is 22.6 Å². The van der Waals surface area contributed by atoms with Crippen molar-refractivity contribution in [3.63, 3.8) is 0 Å². The number of rotatable bonds is 9. The summed E-state index contributed by atoms with van der Waals surface area (Å²) >= 11 is 2.20. The van der Waals surface area contributed by atoms with E-state index < -0.39 is 14.3 Å². The second-order valence-corrected chi connectivity index (χ2v) is 16.6. The molecule has 188 valence electrons. The summed E-state index contributed by atoms with van der Waals surface area (Å²) in [6, 6.07) is 7.00. The first-order chi connectivity index (χ1) is 15.9. The van der Waals surface area contributed by atoms with Crippen LogP contribution in [0.5, 0.6) is 0 Å². The zero-order chi connectivity index (χ0) is 25.1. The molecule has 1 aliphatic rings. The van der Waals surface area contributed by atoms with Crippen LogP contribution in [0.15, 0.2) is 29.2 Å². The Balaban J connectivity index is 1.68. The third kappa shape index (κ3) is 7.38. The molecule has 0 bridgehead atoms. The largest absolute Gasteiger partial charge is 0.462 e. The molecule has 0 amide bonds. The van der Waals surface area contributed by atoms with Crippen molar-refractivity contribution in [2.45, 2.75) is 59.8 Å². The number of pyridine rings is 1. The summed E-state index contributed by atoms with van der Waals surface area (Å²) in [6.07, 6.45) is 2.79. The van der Waals surface area contributed by atoms with Crippen LogP contribution in [-0.4, -0.2) is 56.6 Å². The van der Waals surface area contributed by atoms with Gasteiger partial charge in [0.2, 0.25) is 5.43 Å². The summed E-state index contributed by atoms with van der Waals surface area (Å²) < 4.78 is 14.6. The van der Waals surface area contributed by atoms with Crippen LogP contribution in [0.4, 0.5) is 0 Å². The summed E-state index contributed by atoms with van der Waals surface area (Å²) in [4.78, 5) is 27.9. The average molecular weight is 599 g/mol. The van der Waals surface area contributed by atoms with Crippen molar-refractivity contribution >= 4 is 47.8 Å². The number of hydrogen-bond donors (Lipinski definition) is 0. The van der Waals surface area contributed by atoms with Crippen LogP contribution in [0.25, 0.3) is 10.9 Å². The maximum Gasteiger partial charge on any atom is 0.343 e. The van der Waals surface area contributed by atoms with Crippen LogP contribution in [0, 0.1) is 14.9 Å². The highest BCUT2D eigenvalue weighted by atomic mass is 127. The lowest BCUT2D eigenvalue weighted by atomic mass is 10.0. The van der Waals surface area contributed by atoms with Gasteiger partial charge in [0.25, 0.3) is 0 Å². The maximum absolute atomic E-state index is 13.0. The smallest absolute Gasteiger partial charge is 0.343 e. The third-order valence-electron chi connectivity index (χ3n) is 6.22. The number of nitrogens with zero attached hydrogens (tertiary/aromatic N) is 2. The number of carbonyl (C=O) groups excluding carboxylic acids is 1. The Morgan fingerprint density at radius 2 is 2.00 bits per heavy atom. The molecule has 1 aromatic heterocycles. The molecule has 0 N–H and O–H groups in total. The van der Waals surface area contributed by atoms with E-state index in [0.29, 0.717) is 16.7 Å². The van der Waals surface area contributed by atoms with E-state index in [1.54, 1.807) is 13.1 Å². The molecular formula is C26H39IN2O4Si. The van der Waals surface area contributed by atoms with Crippen molar-refractivity contribution in [1.29, 1.82) is 0 Å². The minimum absolute atomic E-state index is 0.116. The number of aromatic nitrogens is 1. The molecule has 3 rings (SSSR count). The van der Waals surface area contributed by atoms with Gasteiger partial charge in [-0.2, -0.15) is 0 Å². The zero-order valence-electron chi connectivity index (χ0n) is 21.4. The first kappa shape index (κ1) is 27.4. The van der Waals surface area contributed by atoms with Gasteiger partial charge in [-0.25, -0.2) is 4.79 Å². The molecule has 0 saturated carbocycles. The van der Waals surface area contributed by atoms with Gasteiger partial charge in [-0.05, 0) is 91.2 Å². The fraction of sp³-hybridized carbons (Fsp3) is 0.615. The van der Waals surface area contributed by atoms with E-state index in [2.05, 4.69) is 65.9 Å². The molecule has 1 fully saturated rings. The molecule has 34 heavy (non-hydrogen) atoms. The van der Waals surface area contributed by atoms with Crippen molar-refractivity contribution in [2.24, 2.45) is 11.3 Å². The molecule has 1 aliphatic heterocycles. The molecule has 1 aromatic carbocycles. The predicted molar refractivity (Wildman–Crippen MR) is 149 cm³/mol. The molecule has 0 spiro atoms. The van der Waals surface area contributed by atoms with Gasteiger partial charge >= 0.3 is 5.97 Å². The quantitative estimate of drug-likeness (QED) is 0.221. The van der Waals surface area contributed by atoms with Crippen molar-refractivity contribution in [2.75, 3.05) is 32.8 Å². The van der Waals surface area contributed by atoms with Crippen molar-refractivity contribution in [3.05, 3.63) is 43.8 Å². The van der Waals surface area contributed by atoms with Crippen molar-refractivity contribution < 1.29 is 14.0 Å². The topological polar surface area (TPSA) is 60.8 Å². The number of fused-ring (bicyclic) bond motifs is 1. The number of carbonyl (C=O) groups is 1. The van der Waals surface area contributed by atoms with Gasteiger partial charge in [-0.3, -0.25) is 4.79 Å². The van der Waals surface area contributed by atoms with E-state index in [4.69, 9.17) is 9.16 Å². The van der Waals surface area contributed by atoms with E-state index in [1.807, 2.05) is 18.2 Å². The number of ether oxygens (including phenoxy) is 1. The van der Waals surface area contributed by atoms with E-state index in [9.17, 15) is 9.59 Å². The number of benzene rings is 1. The summed E-state index contributed by atoms with van der Waals surface area (Å²) in [7, 11) is -1.66. The lowest BCUT2D eigenvalue weighted by Gasteiger charge is -2.31. The Morgan fingerprint density at radius 3 is 2.68 bits per heavy atom. The van der Waals surface area contributed by atoms with Crippen LogP contribution in [0.3, 0.4) is 0 Å². The molecule has 2 aromatic rings. The summed E-state index contributed by atoms with van der Waals surface area (Å²) in [5.41, 5.74) is 1.03. The lowest BCUT2D eigenvalue weighted by molar-refractivity contribution is 0.0524. The minimum Gasteiger partial charge on any atom is -0.462 e. The maximum atomic E-state index is 13.0. The second-order valence-electron chi connectivity index (χ2n) is 11.2. The highest BCUT2D eigenvalue weighted by Gasteiger charge is 2.30. The number of hydrogen-bond acceptors (Lipinski definition) is 5. The second kappa shape index (κ2) is 11.2. The Hall–Kier alpha value is -1.23. The first-order valence-electron chi connectivity index (χ1n) is 12.2. The normalized spacial score (nSPS) is 17.4. The predicted octanol–water partition coefficient (Wildman–Crippen LogP) is 5.37. The van der Waals surface area contributed by atoms with Gasteiger partial charge in [0.15, 0.2) is 8.32 Å². The van der Waals surface area contributed by atoms with Gasteiger partial charge in [0.1, 0.15) is 5.56 Å². The standard InChI is InChI=1S/C26H39IN2O4Si/c1-7-32-25(31)22-17-29(23-9-8-20(27)14-21(23)24(22)30)16-19-10-11-28(15-19)12-13-33-34(5,6)18-26(2,3)4/h8-9,14,17,19H,7,10-13,15-16,18H2,1-6H3. The highest BCUT2D eigenvalue weighted by Crippen LogP contribution is 2.28. The lowest BCUT2D eigenvalue weighted by Crippen LogP contribution is -2.37. The molecule has 1 saturated heterocycles. The Bertz CT molecular complexity index is 1080. The van der Waals surface area contributed by atoms with Gasteiger partial charge in [0, 0.05) is 41.4 Å². The average Bonchev–Trinajstić information content (AvgIpc) is 3.15. The third-order valence-corrected chi connectivity index (χ3v) is 9.79. The van der Waals surface area contributed by atoms with E-state index in [0.717, 1.165) is 54.3 Å². The summed E-state index contributed by atoms with van der Waals surface area (Å²) in [5, 5.41) is 0.576. The first-order valence-corrected chi connectivity index (χ1v) is 16.4. The number of halogens is 1. The minimum atomic E-state index is -1.66. The fourth-order valence-electron chi connectivity index (χ4n) is 5.20. The highest BCUT2D eigenvalue weighted by molar-refractivity contribution is 14.1. The number of likely N-dealkylation sites (tertiary alicyclic amines) is 1. The molecule has 6 nitrogen and oxygen atoms in total.